The van der Waals surface area contributed by atoms with E-state index in [1.165, 1.54) is 23.1 Å². The van der Waals surface area contributed by atoms with E-state index in [0.29, 0.717) is 12.8 Å². The van der Waals surface area contributed by atoms with Crippen molar-refractivity contribution in [2.45, 2.75) is 55.0 Å². The minimum atomic E-state index is -4.86. The number of piperidine rings is 1. The number of sulfonamides is 1. The molecule has 0 atom stereocenters. The lowest BCUT2D eigenvalue weighted by Gasteiger charge is -2.38. The van der Waals surface area contributed by atoms with E-state index in [2.05, 4.69) is 0 Å². The summed E-state index contributed by atoms with van der Waals surface area (Å²) in [6, 6.07) is 7.30. The molecule has 190 valence electrons. The third kappa shape index (κ3) is 5.18. The first kappa shape index (κ1) is 25.5. The standard InChI is InChI=1S/C23H22F6N2O3S/c24-22(25,26)18-6-2-1-5-17(18)21(32)30-13-11-16(12-14-30)31(15-9-10-15)35(33,34)20-8-4-3-7-19(20)23(27,28)29/h1-8,15-16H,9-14H2. The van der Waals surface area contributed by atoms with Gasteiger partial charge in [-0.05, 0) is 49.9 Å². The van der Waals surface area contributed by atoms with Crippen LogP contribution in [0.1, 0.15) is 47.2 Å². The number of nitrogens with zero attached hydrogens (tertiary/aromatic N) is 2. The van der Waals surface area contributed by atoms with E-state index in [4.69, 9.17) is 0 Å². The Labute approximate surface area is 198 Å². The Bertz CT molecular complexity index is 1200. The molecule has 0 radical (unpaired) electrons. The number of amides is 1. The largest absolute Gasteiger partial charge is 0.417 e. The second-order valence-corrected chi connectivity index (χ2v) is 10.4. The average Bonchev–Trinajstić information content (AvgIpc) is 3.63. The summed E-state index contributed by atoms with van der Waals surface area (Å²) in [4.78, 5) is 13.2. The van der Waals surface area contributed by atoms with Crippen LogP contribution in [0.5, 0.6) is 0 Å². The van der Waals surface area contributed by atoms with E-state index < -0.39 is 62.0 Å². The van der Waals surface area contributed by atoms with Gasteiger partial charge in [0, 0.05) is 25.2 Å². The van der Waals surface area contributed by atoms with Crippen LogP contribution in [0.15, 0.2) is 53.4 Å². The predicted octanol–water partition coefficient (Wildman–Crippen LogP) is 5.18. The molecular formula is C23H22F6N2O3S. The third-order valence-corrected chi connectivity index (χ3v) is 8.29. The van der Waals surface area contributed by atoms with Crippen LogP contribution >= 0.6 is 0 Å². The summed E-state index contributed by atoms with van der Waals surface area (Å²) in [5.74, 6) is -0.820. The molecule has 1 saturated carbocycles. The second-order valence-electron chi connectivity index (χ2n) is 8.63. The van der Waals surface area contributed by atoms with Crippen LogP contribution < -0.4 is 0 Å². The van der Waals surface area contributed by atoms with Gasteiger partial charge >= 0.3 is 12.4 Å². The first-order chi connectivity index (χ1) is 16.3. The van der Waals surface area contributed by atoms with Gasteiger partial charge in [-0.25, -0.2) is 8.42 Å². The SMILES string of the molecule is O=C(c1ccccc1C(F)(F)F)N1CCC(N(C2CC2)S(=O)(=O)c2ccccc2C(F)(F)F)CC1. The number of benzene rings is 2. The van der Waals surface area contributed by atoms with E-state index in [-0.39, 0.29) is 25.9 Å². The molecule has 1 saturated heterocycles. The molecule has 0 aromatic heterocycles. The molecule has 0 bridgehead atoms. The average molecular weight is 520 g/mol. The van der Waals surface area contributed by atoms with Gasteiger partial charge < -0.3 is 4.90 Å². The molecule has 2 fully saturated rings. The Balaban J connectivity index is 1.56. The van der Waals surface area contributed by atoms with Crippen LogP contribution in [0.3, 0.4) is 0 Å². The van der Waals surface area contributed by atoms with Crippen LogP contribution in [0.2, 0.25) is 0 Å². The molecule has 1 aliphatic carbocycles. The van der Waals surface area contributed by atoms with E-state index in [0.717, 1.165) is 34.6 Å². The summed E-state index contributed by atoms with van der Waals surface area (Å²) in [7, 11) is -4.51. The molecule has 35 heavy (non-hydrogen) atoms. The van der Waals surface area contributed by atoms with Crippen LogP contribution in [-0.4, -0.2) is 48.7 Å². The van der Waals surface area contributed by atoms with Crippen molar-refractivity contribution in [3.8, 4) is 0 Å². The third-order valence-electron chi connectivity index (χ3n) is 6.23. The first-order valence-electron chi connectivity index (χ1n) is 11.0. The zero-order valence-electron chi connectivity index (χ0n) is 18.3. The highest BCUT2D eigenvalue weighted by Crippen LogP contribution is 2.41. The molecule has 1 heterocycles. The molecule has 1 aliphatic heterocycles. The van der Waals surface area contributed by atoms with Gasteiger partial charge in [0.15, 0.2) is 0 Å². The molecule has 0 unspecified atom stereocenters. The van der Waals surface area contributed by atoms with Crippen molar-refractivity contribution in [2.24, 2.45) is 0 Å². The Morgan fingerprint density at radius 2 is 1.26 bits per heavy atom. The van der Waals surface area contributed by atoms with Crippen LogP contribution in [0.4, 0.5) is 26.3 Å². The molecule has 12 heteroatoms. The highest BCUT2D eigenvalue weighted by molar-refractivity contribution is 7.89. The van der Waals surface area contributed by atoms with Crippen molar-refractivity contribution in [3.63, 3.8) is 0 Å². The highest BCUT2D eigenvalue weighted by Gasteiger charge is 2.47. The molecule has 5 nitrogen and oxygen atoms in total. The maximum Gasteiger partial charge on any atom is 0.417 e. The molecule has 2 aliphatic rings. The number of halogens is 6. The maximum absolute atomic E-state index is 13.5. The van der Waals surface area contributed by atoms with Gasteiger partial charge in [-0.15, -0.1) is 0 Å². The quantitative estimate of drug-likeness (QED) is 0.511. The Hall–Kier alpha value is -2.60. The minimum Gasteiger partial charge on any atom is -0.339 e. The van der Waals surface area contributed by atoms with Crippen LogP contribution in [0, 0.1) is 0 Å². The fraction of sp³-hybridized carbons (Fsp3) is 0.435. The Kier molecular flexibility index (Phi) is 6.64. The topological polar surface area (TPSA) is 57.7 Å². The van der Waals surface area contributed by atoms with Crippen molar-refractivity contribution in [2.75, 3.05) is 13.1 Å². The number of rotatable bonds is 5. The fourth-order valence-corrected chi connectivity index (χ4v) is 6.62. The molecule has 1 amide bonds. The molecule has 2 aromatic carbocycles. The number of alkyl halides is 6. The zero-order valence-corrected chi connectivity index (χ0v) is 19.1. The summed E-state index contributed by atoms with van der Waals surface area (Å²) in [5.41, 5.74) is -2.80. The van der Waals surface area contributed by atoms with Crippen LogP contribution in [0.25, 0.3) is 0 Å². The van der Waals surface area contributed by atoms with E-state index in [1.807, 2.05) is 0 Å². The number of hydrogen-bond donors (Lipinski definition) is 0. The number of carbonyl (C=O) groups excluding carboxylic acids is 1. The van der Waals surface area contributed by atoms with Crippen molar-refractivity contribution in [1.82, 2.24) is 9.21 Å². The molecule has 0 N–H and O–H groups in total. The van der Waals surface area contributed by atoms with Gasteiger partial charge in [0.1, 0.15) is 0 Å². The lowest BCUT2D eigenvalue weighted by molar-refractivity contribution is -0.140. The summed E-state index contributed by atoms with van der Waals surface area (Å²) in [6.45, 7) is -0.0370. The van der Waals surface area contributed by atoms with Gasteiger partial charge in [0.2, 0.25) is 10.0 Å². The first-order valence-corrected chi connectivity index (χ1v) is 12.4. The Morgan fingerprint density at radius 3 is 1.80 bits per heavy atom. The lowest BCUT2D eigenvalue weighted by Crippen LogP contribution is -2.50. The summed E-state index contributed by atoms with van der Waals surface area (Å²) in [6.07, 6.45) is -8.36. The monoisotopic (exact) mass is 520 g/mol. The zero-order chi connectivity index (χ0) is 25.6. The van der Waals surface area contributed by atoms with Gasteiger partial charge in [-0.2, -0.15) is 30.6 Å². The van der Waals surface area contributed by atoms with Crippen molar-refractivity contribution < 1.29 is 39.6 Å². The van der Waals surface area contributed by atoms with Gasteiger partial charge in [-0.1, -0.05) is 24.3 Å². The molecule has 4 rings (SSSR count). The summed E-state index contributed by atoms with van der Waals surface area (Å²) < 4.78 is 108. The molecule has 2 aromatic rings. The Morgan fingerprint density at radius 1 is 0.771 bits per heavy atom. The minimum absolute atomic E-state index is 0.0185. The fourth-order valence-electron chi connectivity index (χ4n) is 4.47. The summed E-state index contributed by atoms with van der Waals surface area (Å²) >= 11 is 0. The smallest absolute Gasteiger partial charge is 0.339 e. The lowest BCUT2D eigenvalue weighted by atomic mass is 10.0. The van der Waals surface area contributed by atoms with E-state index in [1.54, 1.807) is 0 Å². The number of hydrogen-bond acceptors (Lipinski definition) is 3. The van der Waals surface area contributed by atoms with Crippen molar-refractivity contribution in [3.05, 3.63) is 65.2 Å². The van der Waals surface area contributed by atoms with Gasteiger partial charge in [0.05, 0.1) is 21.6 Å². The van der Waals surface area contributed by atoms with Gasteiger partial charge in [0.25, 0.3) is 5.91 Å². The molecule has 0 spiro atoms. The van der Waals surface area contributed by atoms with Crippen molar-refractivity contribution in [1.29, 1.82) is 0 Å². The van der Waals surface area contributed by atoms with E-state index in [9.17, 15) is 39.6 Å². The van der Waals surface area contributed by atoms with Gasteiger partial charge in [-0.3, -0.25) is 4.79 Å². The normalized spacial score (nSPS) is 18.2. The second kappa shape index (κ2) is 9.12. The van der Waals surface area contributed by atoms with Crippen LogP contribution in [-0.2, 0) is 22.4 Å². The molecular weight excluding hydrogens is 498 g/mol. The summed E-state index contributed by atoms with van der Waals surface area (Å²) in [5, 5.41) is 0. The highest BCUT2D eigenvalue weighted by atomic mass is 32.2. The van der Waals surface area contributed by atoms with Crippen molar-refractivity contribution >= 4 is 15.9 Å². The maximum atomic E-state index is 13.5. The number of carbonyl (C=O) groups is 1. The predicted molar refractivity (Wildman–Crippen MR) is 114 cm³/mol. The number of likely N-dealkylation sites (tertiary alicyclic amines) is 1. The van der Waals surface area contributed by atoms with E-state index >= 15 is 0 Å².